The van der Waals surface area contributed by atoms with E-state index in [9.17, 15) is 0 Å². The van der Waals surface area contributed by atoms with Gasteiger partial charge in [0.05, 0.1) is 11.0 Å². The lowest BCUT2D eigenvalue weighted by Crippen LogP contribution is -2.07. The second kappa shape index (κ2) is 8.60. The third-order valence-electron chi connectivity index (χ3n) is 5.96. The highest BCUT2D eigenvalue weighted by Gasteiger charge is 2.15. The van der Waals surface area contributed by atoms with Crippen molar-refractivity contribution in [2.24, 2.45) is 0 Å². The van der Waals surface area contributed by atoms with E-state index in [2.05, 4.69) is 78.0 Å². The van der Waals surface area contributed by atoms with Crippen molar-refractivity contribution >= 4 is 22.6 Å². The fourth-order valence-electron chi connectivity index (χ4n) is 4.17. The summed E-state index contributed by atoms with van der Waals surface area (Å²) in [5.41, 5.74) is 9.30. The molecule has 0 bridgehead atoms. The fourth-order valence-corrected chi connectivity index (χ4v) is 4.42. The van der Waals surface area contributed by atoms with Crippen LogP contribution in [0.2, 0.25) is 5.02 Å². The standard InChI is InChI=1S/C28H24ClN3/c1-19-7-8-20(2)23(15-19)18-32-27-17-22(24-5-3-4-6-25(24)29)9-10-26(27)31-28(32)16-21-11-13-30-14-12-21/h3-15,17H,16,18H2,1-2H3. The number of pyridine rings is 1. The van der Waals surface area contributed by atoms with Crippen LogP contribution in [0, 0.1) is 13.8 Å². The van der Waals surface area contributed by atoms with Crippen LogP contribution in [0.5, 0.6) is 0 Å². The maximum Gasteiger partial charge on any atom is 0.114 e. The van der Waals surface area contributed by atoms with Gasteiger partial charge in [0.15, 0.2) is 0 Å². The molecule has 0 saturated heterocycles. The van der Waals surface area contributed by atoms with Gasteiger partial charge in [-0.25, -0.2) is 4.98 Å². The predicted octanol–water partition coefficient (Wildman–Crippen LogP) is 7.01. The van der Waals surface area contributed by atoms with E-state index in [1.54, 1.807) is 0 Å². The largest absolute Gasteiger partial charge is 0.323 e. The summed E-state index contributed by atoms with van der Waals surface area (Å²) in [4.78, 5) is 9.18. The lowest BCUT2D eigenvalue weighted by Gasteiger charge is -2.13. The number of imidazole rings is 1. The van der Waals surface area contributed by atoms with Crippen molar-refractivity contribution in [3.63, 3.8) is 0 Å². The van der Waals surface area contributed by atoms with Gasteiger partial charge in [0.1, 0.15) is 5.82 Å². The van der Waals surface area contributed by atoms with Crippen LogP contribution < -0.4 is 0 Å². The average molecular weight is 438 g/mol. The first-order chi connectivity index (χ1) is 15.6. The molecule has 2 aromatic heterocycles. The topological polar surface area (TPSA) is 30.7 Å². The highest BCUT2D eigenvalue weighted by molar-refractivity contribution is 6.33. The minimum Gasteiger partial charge on any atom is -0.323 e. The Labute approximate surface area is 193 Å². The normalized spacial score (nSPS) is 11.2. The van der Waals surface area contributed by atoms with Crippen LogP contribution in [0.25, 0.3) is 22.2 Å². The van der Waals surface area contributed by atoms with Crippen molar-refractivity contribution in [1.29, 1.82) is 0 Å². The van der Waals surface area contributed by atoms with E-state index in [1.807, 2.05) is 30.6 Å². The van der Waals surface area contributed by atoms with Crippen LogP contribution in [-0.4, -0.2) is 14.5 Å². The SMILES string of the molecule is Cc1ccc(C)c(Cn2c(Cc3ccncc3)nc3ccc(-c4ccccc4Cl)cc32)c1. The van der Waals surface area contributed by atoms with Gasteiger partial charge in [0.25, 0.3) is 0 Å². The second-order valence-corrected chi connectivity index (χ2v) is 8.67. The molecule has 0 saturated carbocycles. The Bertz CT molecular complexity index is 1400. The van der Waals surface area contributed by atoms with Crippen LogP contribution in [0.1, 0.15) is 28.1 Å². The van der Waals surface area contributed by atoms with Crippen LogP contribution >= 0.6 is 11.6 Å². The monoisotopic (exact) mass is 437 g/mol. The van der Waals surface area contributed by atoms with Crippen molar-refractivity contribution in [3.8, 4) is 11.1 Å². The van der Waals surface area contributed by atoms with E-state index in [4.69, 9.17) is 16.6 Å². The minimum absolute atomic E-state index is 0.753. The molecule has 0 amide bonds. The molecule has 32 heavy (non-hydrogen) atoms. The quantitative estimate of drug-likeness (QED) is 0.296. The van der Waals surface area contributed by atoms with Gasteiger partial charge in [-0.05, 0) is 66.4 Å². The molecule has 0 aliphatic carbocycles. The molecule has 5 rings (SSSR count). The summed E-state index contributed by atoms with van der Waals surface area (Å²) in [6, 6.07) is 25.1. The first kappa shape index (κ1) is 20.5. The van der Waals surface area contributed by atoms with Crippen molar-refractivity contribution in [3.05, 3.63) is 118 Å². The molecular weight excluding hydrogens is 414 g/mol. The maximum atomic E-state index is 6.50. The van der Waals surface area contributed by atoms with E-state index >= 15 is 0 Å². The average Bonchev–Trinajstić information content (AvgIpc) is 3.13. The summed E-state index contributed by atoms with van der Waals surface area (Å²) in [5, 5.41) is 0.754. The minimum atomic E-state index is 0.753. The first-order valence-corrected chi connectivity index (χ1v) is 11.2. The van der Waals surface area contributed by atoms with E-state index in [0.717, 1.165) is 46.0 Å². The second-order valence-electron chi connectivity index (χ2n) is 8.26. The Morgan fingerprint density at radius 3 is 2.50 bits per heavy atom. The first-order valence-electron chi connectivity index (χ1n) is 10.8. The molecular formula is C28H24ClN3. The van der Waals surface area contributed by atoms with Crippen molar-refractivity contribution in [2.75, 3.05) is 0 Å². The third-order valence-corrected chi connectivity index (χ3v) is 6.29. The van der Waals surface area contributed by atoms with Crippen LogP contribution in [0.3, 0.4) is 0 Å². The molecule has 0 unspecified atom stereocenters. The molecule has 0 spiro atoms. The molecule has 3 aromatic carbocycles. The van der Waals surface area contributed by atoms with E-state index < -0.39 is 0 Å². The number of halogens is 1. The maximum absolute atomic E-state index is 6.50. The Hall–Kier alpha value is -3.43. The van der Waals surface area contributed by atoms with Gasteiger partial charge < -0.3 is 4.57 Å². The number of benzene rings is 3. The van der Waals surface area contributed by atoms with E-state index in [1.165, 1.54) is 22.3 Å². The lowest BCUT2D eigenvalue weighted by atomic mass is 10.0. The van der Waals surface area contributed by atoms with Gasteiger partial charge in [-0.15, -0.1) is 0 Å². The van der Waals surface area contributed by atoms with Crippen molar-refractivity contribution in [1.82, 2.24) is 14.5 Å². The fraction of sp³-hybridized carbons (Fsp3) is 0.143. The zero-order valence-electron chi connectivity index (χ0n) is 18.2. The molecule has 0 fully saturated rings. The summed E-state index contributed by atoms with van der Waals surface area (Å²) in [7, 11) is 0. The van der Waals surface area contributed by atoms with Gasteiger partial charge in [-0.3, -0.25) is 4.98 Å². The number of hydrogen-bond acceptors (Lipinski definition) is 2. The molecule has 2 heterocycles. The smallest absolute Gasteiger partial charge is 0.114 e. The van der Waals surface area contributed by atoms with E-state index in [-0.39, 0.29) is 0 Å². The molecule has 0 N–H and O–H groups in total. The van der Waals surface area contributed by atoms with Gasteiger partial charge in [-0.1, -0.05) is 59.6 Å². The summed E-state index contributed by atoms with van der Waals surface area (Å²) in [6.45, 7) is 5.09. The number of nitrogens with zero attached hydrogens (tertiary/aromatic N) is 3. The number of fused-ring (bicyclic) bond motifs is 1. The molecule has 158 valence electrons. The summed E-state index contributed by atoms with van der Waals surface area (Å²) >= 11 is 6.50. The number of hydrogen-bond donors (Lipinski definition) is 0. The Kier molecular flexibility index (Phi) is 5.50. The molecule has 4 heteroatoms. The molecule has 0 atom stereocenters. The third kappa shape index (κ3) is 4.04. The highest BCUT2D eigenvalue weighted by Crippen LogP contribution is 2.31. The summed E-state index contributed by atoms with van der Waals surface area (Å²) in [5.74, 6) is 1.04. The van der Waals surface area contributed by atoms with Gasteiger partial charge in [-0.2, -0.15) is 0 Å². The van der Waals surface area contributed by atoms with Gasteiger partial charge in [0, 0.05) is 35.9 Å². The zero-order chi connectivity index (χ0) is 22.1. The number of aryl methyl sites for hydroxylation is 2. The zero-order valence-corrected chi connectivity index (χ0v) is 19.0. The molecule has 0 aliphatic heterocycles. The van der Waals surface area contributed by atoms with E-state index in [0.29, 0.717) is 0 Å². The van der Waals surface area contributed by atoms with Crippen molar-refractivity contribution < 1.29 is 0 Å². The molecule has 3 nitrogen and oxygen atoms in total. The van der Waals surface area contributed by atoms with Crippen LogP contribution in [-0.2, 0) is 13.0 Å². The van der Waals surface area contributed by atoms with Gasteiger partial charge >= 0.3 is 0 Å². The molecule has 0 aliphatic rings. The highest BCUT2D eigenvalue weighted by atomic mass is 35.5. The Morgan fingerprint density at radius 1 is 0.875 bits per heavy atom. The molecule has 5 aromatic rings. The molecule has 0 radical (unpaired) electrons. The van der Waals surface area contributed by atoms with Crippen molar-refractivity contribution in [2.45, 2.75) is 26.8 Å². The Morgan fingerprint density at radius 2 is 1.69 bits per heavy atom. The van der Waals surface area contributed by atoms with Crippen LogP contribution in [0.4, 0.5) is 0 Å². The summed E-state index contributed by atoms with van der Waals surface area (Å²) < 4.78 is 2.35. The van der Waals surface area contributed by atoms with Crippen LogP contribution in [0.15, 0.2) is 85.2 Å². The lowest BCUT2D eigenvalue weighted by molar-refractivity contribution is 0.758. The number of aromatic nitrogens is 3. The number of rotatable bonds is 5. The summed E-state index contributed by atoms with van der Waals surface area (Å²) in [6.07, 6.45) is 4.43. The Balaban J connectivity index is 1.67. The predicted molar refractivity (Wildman–Crippen MR) is 132 cm³/mol. The van der Waals surface area contributed by atoms with Gasteiger partial charge in [0.2, 0.25) is 0 Å².